The lowest BCUT2D eigenvalue weighted by Gasteiger charge is -2.24. The van der Waals surface area contributed by atoms with Crippen molar-refractivity contribution >= 4 is 51.9 Å². The number of halogens is 1. The number of nitrogens with zero attached hydrogens (tertiary/aromatic N) is 1. The Bertz CT molecular complexity index is 1070. The van der Waals surface area contributed by atoms with Gasteiger partial charge in [-0.25, -0.2) is 0 Å². The predicted molar refractivity (Wildman–Crippen MR) is 130 cm³/mol. The van der Waals surface area contributed by atoms with Gasteiger partial charge in [0.15, 0.2) is 0 Å². The first-order valence-electron chi connectivity index (χ1n) is 9.64. The van der Waals surface area contributed by atoms with Crippen LogP contribution >= 0.6 is 34.4 Å². The van der Waals surface area contributed by atoms with E-state index in [1.807, 2.05) is 84.6 Å². The molecule has 1 fully saturated rings. The Kier molecular flexibility index (Phi) is 6.43. The average molecular weight is 528 g/mol. The van der Waals surface area contributed by atoms with Crippen LogP contribution in [-0.2, 0) is 11.3 Å². The highest BCUT2D eigenvalue weighted by molar-refractivity contribution is 14.1. The molecular weight excluding hydrogens is 507 g/mol. The van der Waals surface area contributed by atoms with Crippen molar-refractivity contribution < 1.29 is 9.59 Å². The van der Waals surface area contributed by atoms with Crippen LogP contribution in [0, 0.1) is 10.5 Å². The number of thioether (sulfide) groups is 1. The highest BCUT2D eigenvalue weighted by Crippen LogP contribution is 2.39. The summed E-state index contributed by atoms with van der Waals surface area (Å²) in [6.07, 6.45) is 0. The molecular formula is C24H21IN2O2S. The molecule has 1 unspecified atom stereocenters. The van der Waals surface area contributed by atoms with Crippen molar-refractivity contribution in [2.75, 3.05) is 11.1 Å². The number of nitrogens with one attached hydrogen (secondary N) is 1. The molecule has 4 nitrogen and oxygen atoms in total. The number of hydrogen-bond donors (Lipinski definition) is 1. The van der Waals surface area contributed by atoms with Gasteiger partial charge >= 0.3 is 0 Å². The lowest BCUT2D eigenvalue weighted by Crippen LogP contribution is -2.27. The van der Waals surface area contributed by atoms with E-state index in [2.05, 4.69) is 27.9 Å². The lowest BCUT2D eigenvalue weighted by atomic mass is 10.1. The molecule has 0 spiro atoms. The molecule has 0 bridgehead atoms. The van der Waals surface area contributed by atoms with Gasteiger partial charge in [-0.1, -0.05) is 42.5 Å². The number of carbonyl (C=O) groups excluding carboxylic acids is 2. The first-order valence-corrected chi connectivity index (χ1v) is 11.8. The molecule has 1 atom stereocenters. The molecule has 3 aromatic carbocycles. The number of anilines is 1. The number of hydrogen-bond acceptors (Lipinski definition) is 3. The van der Waals surface area contributed by atoms with Crippen molar-refractivity contribution in [3.05, 3.63) is 98.6 Å². The second-order valence-electron chi connectivity index (χ2n) is 7.21. The Balaban J connectivity index is 1.48. The fourth-order valence-electron chi connectivity index (χ4n) is 3.44. The van der Waals surface area contributed by atoms with Gasteiger partial charge in [0.25, 0.3) is 5.91 Å². The van der Waals surface area contributed by atoms with Crippen LogP contribution in [0.2, 0.25) is 0 Å². The molecule has 2 amide bonds. The molecule has 6 heteroatoms. The van der Waals surface area contributed by atoms with Crippen LogP contribution in [0.3, 0.4) is 0 Å². The van der Waals surface area contributed by atoms with Crippen LogP contribution in [0.4, 0.5) is 5.69 Å². The first kappa shape index (κ1) is 20.9. The normalized spacial score (nSPS) is 16.0. The zero-order chi connectivity index (χ0) is 21.1. The second-order valence-corrected chi connectivity index (χ2v) is 9.52. The Morgan fingerprint density at radius 3 is 2.53 bits per heavy atom. The summed E-state index contributed by atoms with van der Waals surface area (Å²) in [4.78, 5) is 27.0. The monoisotopic (exact) mass is 528 g/mol. The average Bonchev–Trinajstić information content (AvgIpc) is 3.11. The molecule has 30 heavy (non-hydrogen) atoms. The summed E-state index contributed by atoms with van der Waals surface area (Å²) < 4.78 is 1.14. The van der Waals surface area contributed by atoms with Crippen molar-refractivity contribution in [1.82, 2.24) is 4.90 Å². The minimum absolute atomic E-state index is 0.0340. The minimum Gasteiger partial charge on any atom is -0.322 e. The molecule has 0 aliphatic carbocycles. The highest BCUT2D eigenvalue weighted by Gasteiger charge is 2.32. The topological polar surface area (TPSA) is 49.4 Å². The SMILES string of the molecule is Cc1cc(I)ccc1NC(=O)c1ccc(C2SCC(=O)N2Cc2ccccc2)cc1. The number of carbonyl (C=O) groups is 2. The fourth-order valence-corrected chi connectivity index (χ4v) is 5.28. The van der Waals surface area contributed by atoms with Gasteiger partial charge < -0.3 is 10.2 Å². The van der Waals surface area contributed by atoms with Crippen molar-refractivity contribution in [3.63, 3.8) is 0 Å². The van der Waals surface area contributed by atoms with E-state index in [-0.39, 0.29) is 17.2 Å². The maximum atomic E-state index is 12.7. The third kappa shape index (κ3) is 4.70. The molecule has 152 valence electrons. The van der Waals surface area contributed by atoms with Gasteiger partial charge in [0.2, 0.25) is 5.91 Å². The summed E-state index contributed by atoms with van der Waals surface area (Å²) in [5.74, 6) is 0.484. The number of benzene rings is 3. The standard InChI is InChI=1S/C24H21IN2O2S/c1-16-13-20(25)11-12-21(16)26-23(29)18-7-9-19(10-8-18)24-27(22(28)15-30-24)14-17-5-3-2-4-6-17/h2-13,24H,14-15H2,1H3,(H,26,29). The summed E-state index contributed by atoms with van der Waals surface area (Å²) in [7, 11) is 0. The molecule has 0 aromatic heterocycles. The van der Waals surface area contributed by atoms with Crippen molar-refractivity contribution in [1.29, 1.82) is 0 Å². The molecule has 1 saturated heterocycles. The van der Waals surface area contributed by atoms with Crippen LogP contribution in [0.1, 0.15) is 32.4 Å². The smallest absolute Gasteiger partial charge is 0.255 e. The Morgan fingerprint density at radius 1 is 1.10 bits per heavy atom. The maximum absolute atomic E-state index is 12.7. The Hall–Kier alpha value is -2.32. The fraction of sp³-hybridized carbons (Fsp3) is 0.167. The maximum Gasteiger partial charge on any atom is 0.255 e. The highest BCUT2D eigenvalue weighted by atomic mass is 127. The summed E-state index contributed by atoms with van der Waals surface area (Å²) in [5.41, 5.74) is 4.59. The third-order valence-corrected chi connectivity index (χ3v) is 6.99. The van der Waals surface area contributed by atoms with Gasteiger partial charge in [0.05, 0.1) is 5.75 Å². The van der Waals surface area contributed by atoms with E-state index in [9.17, 15) is 9.59 Å². The quantitative estimate of drug-likeness (QED) is 0.437. The van der Waals surface area contributed by atoms with E-state index >= 15 is 0 Å². The molecule has 1 aliphatic rings. The van der Waals surface area contributed by atoms with Crippen LogP contribution in [0.25, 0.3) is 0 Å². The summed E-state index contributed by atoms with van der Waals surface area (Å²) in [5, 5.41) is 2.95. The zero-order valence-electron chi connectivity index (χ0n) is 16.5. The van der Waals surface area contributed by atoms with Gasteiger partial charge in [-0.15, -0.1) is 11.8 Å². The van der Waals surface area contributed by atoms with Crippen molar-refractivity contribution in [3.8, 4) is 0 Å². The van der Waals surface area contributed by atoms with Gasteiger partial charge in [-0.2, -0.15) is 0 Å². The summed E-state index contributed by atoms with van der Waals surface area (Å²) in [6.45, 7) is 2.57. The number of rotatable bonds is 5. The number of aryl methyl sites for hydroxylation is 1. The summed E-state index contributed by atoms with van der Waals surface area (Å²) in [6, 6.07) is 23.5. The van der Waals surface area contributed by atoms with Crippen LogP contribution in [-0.4, -0.2) is 22.5 Å². The first-order chi connectivity index (χ1) is 14.5. The second kappa shape index (κ2) is 9.22. The largest absolute Gasteiger partial charge is 0.322 e. The molecule has 0 saturated carbocycles. The molecule has 3 aromatic rings. The molecule has 4 rings (SSSR count). The molecule has 1 aliphatic heterocycles. The summed E-state index contributed by atoms with van der Waals surface area (Å²) >= 11 is 3.88. The van der Waals surface area contributed by atoms with Gasteiger partial charge in [0, 0.05) is 21.4 Å². The molecule has 1 N–H and O–H groups in total. The van der Waals surface area contributed by atoms with Gasteiger partial charge in [0.1, 0.15) is 5.37 Å². The number of amides is 2. The van der Waals surface area contributed by atoms with E-state index in [0.717, 1.165) is 25.9 Å². The van der Waals surface area contributed by atoms with E-state index in [4.69, 9.17) is 0 Å². The van der Waals surface area contributed by atoms with Crippen LogP contribution < -0.4 is 5.32 Å². The van der Waals surface area contributed by atoms with Crippen molar-refractivity contribution in [2.24, 2.45) is 0 Å². The van der Waals surface area contributed by atoms with E-state index in [0.29, 0.717) is 17.9 Å². The van der Waals surface area contributed by atoms with E-state index in [1.165, 1.54) is 0 Å². The third-order valence-electron chi connectivity index (χ3n) is 5.06. The Morgan fingerprint density at radius 2 is 1.83 bits per heavy atom. The van der Waals surface area contributed by atoms with Crippen LogP contribution in [0.5, 0.6) is 0 Å². The predicted octanol–water partition coefficient (Wildman–Crippen LogP) is 5.63. The zero-order valence-corrected chi connectivity index (χ0v) is 19.4. The van der Waals surface area contributed by atoms with Crippen molar-refractivity contribution in [2.45, 2.75) is 18.8 Å². The molecule has 0 radical (unpaired) electrons. The molecule has 1 heterocycles. The van der Waals surface area contributed by atoms with E-state index in [1.54, 1.807) is 11.8 Å². The Labute approximate surface area is 194 Å². The van der Waals surface area contributed by atoms with Crippen LogP contribution in [0.15, 0.2) is 72.8 Å². The van der Waals surface area contributed by atoms with Gasteiger partial charge in [-0.3, -0.25) is 9.59 Å². The minimum atomic E-state index is -0.137. The van der Waals surface area contributed by atoms with Gasteiger partial charge in [-0.05, 0) is 76.5 Å². The lowest BCUT2D eigenvalue weighted by molar-refractivity contribution is -0.128. The van der Waals surface area contributed by atoms with E-state index < -0.39 is 0 Å².